The van der Waals surface area contributed by atoms with Crippen LogP contribution in [-0.4, -0.2) is 42.2 Å². The fraction of sp³-hybridized carbons (Fsp3) is 0.643. The van der Waals surface area contributed by atoms with Gasteiger partial charge in [-0.2, -0.15) is 0 Å². The molecular weight excluding hydrogens is 244 g/mol. The highest BCUT2D eigenvalue weighted by Crippen LogP contribution is 2.09. The number of likely N-dealkylation sites (tertiary alicyclic amines) is 1. The van der Waals surface area contributed by atoms with E-state index in [4.69, 9.17) is 9.52 Å². The standard InChI is InChI=1S/C14H22N2O3/c17-14(18)13-6-5-12(19-13)11-15-7-10-16-8-3-1-2-4-9-16/h5-6,15H,1-4,7-11H2,(H,17,18). The second kappa shape index (κ2) is 7.31. The van der Waals surface area contributed by atoms with E-state index < -0.39 is 5.97 Å². The smallest absolute Gasteiger partial charge is 0.371 e. The van der Waals surface area contributed by atoms with Crippen molar-refractivity contribution in [3.8, 4) is 0 Å². The monoisotopic (exact) mass is 266 g/mol. The number of hydrogen-bond donors (Lipinski definition) is 2. The average Bonchev–Trinajstić information content (AvgIpc) is 2.72. The summed E-state index contributed by atoms with van der Waals surface area (Å²) in [6.07, 6.45) is 5.32. The second-order valence-corrected chi connectivity index (χ2v) is 5.00. The molecule has 0 radical (unpaired) electrons. The van der Waals surface area contributed by atoms with Crippen molar-refractivity contribution in [3.05, 3.63) is 23.7 Å². The van der Waals surface area contributed by atoms with Crippen molar-refractivity contribution in [1.29, 1.82) is 0 Å². The van der Waals surface area contributed by atoms with Gasteiger partial charge in [0.05, 0.1) is 6.54 Å². The lowest BCUT2D eigenvalue weighted by atomic mass is 10.2. The summed E-state index contributed by atoms with van der Waals surface area (Å²) in [6, 6.07) is 3.20. The molecule has 1 aromatic rings. The topological polar surface area (TPSA) is 65.7 Å². The first-order valence-corrected chi connectivity index (χ1v) is 7.01. The molecule has 0 saturated carbocycles. The first kappa shape index (κ1) is 14.1. The van der Waals surface area contributed by atoms with Gasteiger partial charge in [0.2, 0.25) is 5.76 Å². The van der Waals surface area contributed by atoms with Crippen molar-refractivity contribution >= 4 is 5.97 Å². The summed E-state index contributed by atoms with van der Waals surface area (Å²) in [5.74, 6) is -0.339. The molecule has 1 aliphatic heterocycles. The zero-order chi connectivity index (χ0) is 13.5. The SMILES string of the molecule is O=C(O)c1ccc(CNCCN2CCCCCC2)o1. The maximum Gasteiger partial charge on any atom is 0.371 e. The van der Waals surface area contributed by atoms with Crippen molar-refractivity contribution in [3.63, 3.8) is 0 Å². The molecule has 1 aromatic heterocycles. The fourth-order valence-electron chi connectivity index (χ4n) is 2.40. The maximum atomic E-state index is 10.7. The molecule has 2 N–H and O–H groups in total. The van der Waals surface area contributed by atoms with E-state index in [9.17, 15) is 4.79 Å². The first-order chi connectivity index (χ1) is 9.25. The van der Waals surface area contributed by atoms with E-state index in [-0.39, 0.29) is 5.76 Å². The van der Waals surface area contributed by atoms with E-state index in [1.807, 2.05) is 0 Å². The minimum absolute atomic E-state index is 0.00400. The molecular formula is C14H22N2O3. The quantitative estimate of drug-likeness (QED) is 0.770. The molecule has 2 rings (SSSR count). The first-order valence-electron chi connectivity index (χ1n) is 7.01. The van der Waals surface area contributed by atoms with Crippen molar-refractivity contribution in [2.24, 2.45) is 0 Å². The van der Waals surface area contributed by atoms with Crippen molar-refractivity contribution in [1.82, 2.24) is 10.2 Å². The summed E-state index contributed by atoms with van der Waals surface area (Å²) in [5.41, 5.74) is 0. The van der Waals surface area contributed by atoms with Crippen LogP contribution in [0.3, 0.4) is 0 Å². The molecule has 0 atom stereocenters. The summed E-state index contributed by atoms with van der Waals surface area (Å²) >= 11 is 0. The summed E-state index contributed by atoms with van der Waals surface area (Å²) in [6.45, 7) is 4.94. The van der Waals surface area contributed by atoms with Gasteiger partial charge >= 0.3 is 5.97 Å². The summed E-state index contributed by atoms with van der Waals surface area (Å²) < 4.78 is 5.18. The number of hydrogen-bond acceptors (Lipinski definition) is 4. The third kappa shape index (κ3) is 4.69. The van der Waals surface area contributed by atoms with Gasteiger partial charge in [-0.05, 0) is 38.1 Å². The van der Waals surface area contributed by atoms with E-state index in [2.05, 4.69) is 10.2 Å². The average molecular weight is 266 g/mol. The number of carboxylic acids is 1. The molecule has 1 fully saturated rings. The van der Waals surface area contributed by atoms with E-state index in [1.165, 1.54) is 44.8 Å². The number of carbonyl (C=O) groups is 1. The van der Waals surface area contributed by atoms with Crippen LogP contribution in [0.25, 0.3) is 0 Å². The van der Waals surface area contributed by atoms with E-state index in [0.29, 0.717) is 12.3 Å². The van der Waals surface area contributed by atoms with Crippen LogP contribution in [0, 0.1) is 0 Å². The number of rotatable bonds is 6. The summed E-state index contributed by atoms with van der Waals surface area (Å²) in [7, 11) is 0. The molecule has 106 valence electrons. The van der Waals surface area contributed by atoms with Gasteiger partial charge in [-0.25, -0.2) is 4.79 Å². The zero-order valence-corrected chi connectivity index (χ0v) is 11.2. The third-order valence-electron chi connectivity index (χ3n) is 3.48. The lowest BCUT2D eigenvalue weighted by molar-refractivity contribution is 0.0660. The van der Waals surface area contributed by atoms with Crippen molar-refractivity contribution in [2.45, 2.75) is 32.2 Å². The Morgan fingerprint density at radius 3 is 2.63 bits per heavy atom. The molecule has 0 aliphatic carbocycles. The molecule has 0 bridgehead atoms. The highest BCUT2D eigenvalue weighted by Gasteiger charge is 2.10. The molecule has 0 unspecified atom stereocenters. The minimum Gasteiger partial charge on any atom is -0.475 e. The van der Waals surface area contributed by atoms with Gasteiger partial charge in [0, 0.05) is 13.1 Å². The molecule has 0 aromatic carbocycles. The van der Waals surface area contributed by atoms with Crippen LogP contribution in [0.4, 0.5) is 0 Å². The number of carboxylic acid groups (broad SMARTS) is 1. The van der Waals surface area contributed by atoms with Crippen LogP contribution in [0.1, 0.15) is 42.0 Å². The van der Waals surface area contributed by atoms with Crippen molar-refractivity contribution in [2.75, 3.05) is 26.2 Å². The molecule has 0 spiro atoms. The van der Waals surface area contributed by atoms with Gasteiger partial charge in [0.25, 0.3) is 0 Å². The predicted molar refractivity (Wildman–Crippen MR) is 72.3 cm³/mol. The van der Waals surface area contributed by atoms with Gasteiger partial charge < -0.3 is 19.7 Å². The largest absolute Gasteiger partial charge is 0.475 e. The molecule has 1 aliphatic rings. The highest BCUT2D eigenvalue weighted by atomic mass is 16.4. The van der Waals surface area contributed by atoms with E-state index >= 15 is 0 Å². The number of nitrogens with one attached hydrogen (secondary N) is 1. The Kier molecular flexibility index (Phi) is 5.42. The minimum atomic E-state index is -1.02. The number of aromatic carboxylic acids is 1. The summed E-state index contributed by atoms with van der Waals surface area (Å²) in [5, 5.41) is 12.0. The fourth-order valence-corrected chi connectivity index (χ4v) is 2.40. The zero-order valence-electron chi connectivity index (χ0n) is 11.2. The molecule has 0 amide bonds. The van der Waals surface area contributed by atoms with Crippen LogP contribution in [0.5, 0.6) is 0 Å². The Bertz CT molecular complexity index is 395. The molecule has 19 heavy (non-hydrogen) atoms. The van der Waals surface area contributed by atoms with Crippen LogP contribution >= 0.6 is 0 Å². The predicted octanol–water partition coefficient (Wildman–Crippen LogP) is 1.94. The molecule has 5 heteroatoms. The summed E-state index contributed by atoms with van der Waals surface area (Å²) in [4.78, 5) is 13.2. The Labute approximate surface area is 113 Å². The van der Waals surface area contributed by atoms with Gasteiger partial charge in [0.1, 0.15) is 5.76 Å². The molecule has 5 nitrogen and oxygen atoms in total. The van der Waals surface area contributed by atoms with Crippen LogP contribution < -0.4 is 5.32 Å². The third-order valence-corrected chi connectivity index (χ3v) is 3.48. The van der Waals surface area contributed by atoms with Crippen molar-refractivity contribution < 1.29 is 14.3 Å². The Hall–Kier alpha value is -1.33. The van der Waals surface area contributed by atoms with Gasteiger partial charge in [-0.1, -0.05) is 12.8 Å². The van der Waals surface area contributed by atoms with Crippen LogP contribution in [0.15, 0.2) is 16.5 Å². The Balaban J connectivity index is 1.64. The normalized spacial score (nSPS) is 17.3. The Morgan fingerprint density at radius 2 is 2.00 bits per heavy atom. The van der Waals surface area contributed by atoms with Gasteiger partial charge in [-0.3, -0.25) is 0 Å². The maximum absolute atomic E-state index is 10.7. The van der Waals surface area contributed by atoms with Crippen LogP contribution in [-0.2, 0) is 6.54 Å². The number of furan rings is 1. The van der Waals surface area contributed by atoms with Crippen LogP contribution in [0.2, 0.25) is 0 Å². The molecule has 2 heterocycles. The molecule has 1 saturated heterocycles. The van der Waals surface area contributed by atoms with Gasteiger partial charge in [0.15, 0.2) is 0 Å². The van der Waals surface area contributed by atoms with E-state index in [0.717, 1.165) is 13.1 Å². The highest BCUT2D eigenvalue weighted by molar-refractivity contribution is 5.84. The lowest BCUT2D eigenvalue weighted by Crippen LogP contribution is -2.32. The Morgan fingerprint density at radius 1 is 1.26 bits per heavy atom. The second-order valence-electron chi connectivity index (χ2n) is 5.00. The van der Waals surface area contributed by atoms with Gasteiger partial charge in [-0.15, -0.1) is 0 Å². The number of nitrogens with zero attached hydrogens (tertiary/aromatic N) is 1. The van der Waals surface area contributed by atoms with E-state index in [1.54, 1.807) is 6.07 Å². The lowest BCUT2D eigenvalue weighted by Gasteiger charge is -2.19.